The number of aromatic nitrogens is 1. The van der Waals surface area contributed by atoms with Crippen molar-refractivity contribution >= 4 is 39.2 Å². The number of hydrogen-bond donors (Lipinski definition) is 1. The number of para-hydroxylation sites is 1. The van der Waals surface area contributed by atoms with Gasteiger partial charge in [0.05, 0.1) is 10.2 Å². The minimum atomic E-state index is -0.792. The van der Waals surface area contributed by atoms with E-state index in [1.807, 2.05) is 60.7 Å². The summed E-state index contributed by atoms with van der Waals surface area (Å²) in [6.07, 6.45) is 2.61. The summed E-state index contributed by atoms with van der Waals surface area (Å²) in [5.74, 6) is -0.792. The van der Waals surface area contributed by atoms with Crippen molar-refractivity contribution in [1.29, 1.82) is 0 Å². The van der Waals surface area contributed by atoms with Gasteiger partial charge in [0.25, 0.3) is 0 Å². The molecule has 0 saturated heterocycles. The first kappa shape index (κ1) is 14.5. The molecule has 2 aromatic carbocycles. The van der Waals surface area contributed by atoms with Crippen LogP contribution in [0.1, 0.15) is 23.4 Å². The highest BCUT2D eigenvalue weighted by Crippen LogP contribution is 2.30. The van der Waals surface area contributed by atoms with E-state index in [1.165, 1.54) is 0 Å². The lowest BCUT2D eigenvalue weighted by Gasteiger charge is -2.03. The Balaban J connectivity index is 2.00. The fourth-order valence-electron chi connectivity index (χ4n) is 2.24. The maximum Gasteiger partial charge on any atom is 0.303 e. The zero-order valence-corrected chi connectivity index (χ0v) is 12.7. The molecule has 0 aliphatic rings. The van der Waals surface area contributed by atoms with Crippen LogP contribution in [0.25, 0.3) is 21.9 Å². The maximum absolute atomic E-state index is 10.9. The van der Waals surface area contributed by atoms with Gasteiger partial charge < -0.3 is 5.11 Å². The predicted octanol–water partition coefficient (Wildman–Crippen LogP) is 4.70. The van der Waals surface area contributed by atoms with E-state index in [4.69, 9.17) is 5.11 Å². The Morgan fingerprint density at radius 3 is 2.50 bits per heavy atom. The molecule has 0 saturated carbocycles. The molecule has 1 N–H and O–H groups in total. The highest BCUT2D eigenvalue weighted by Gasteiger charge is 2.10. The monoisotopic (exact) mass is 309 g/mol. The maximum atomic E-state index is 10.9. The van der Waals surface area contributed by atoms with Crippen molar-refractivity contribution in [1.82, 2.24) is 4.98 Å². The molecule has 3 rings (SSSR count). The van der Waals surface area contributed by atoms with E-state index in [1.54, 1.807) is 11.3 Å². The van der Waals surface area contributed by atoms with Crippen LogP contribution in [-0.4, -0.2) is 16.1 Å². The number of allylic oxidation sites excluding steroid dienone is 1. The summed E-state index contributed by atoms with van der Waals surface area (Å²) in [5, 5.41) is 9.87. The first-order valence-electron chi connectivity index (χ1n) is 7.06. The van der Waals surface area contributed by atoms with Gasteiger partial charge in [0.15, 0.2) is 0 Å². The van der Waals surface area contributed by atoms with Crippen LogP contribution in [0.5, 0.6) is 0 Å². The predicted molar refractivity (Wildman–Crippen MR) is 90.8 cm³/mol. The van der Waals surface area contributed by atoms with Crippen molar-refractivity contribution in [3.05, 3.63) is 65.2 Å². The van der Waals surface area contributed by atoms with Crippen LogP contribution >= 0.6 is 11.3 Å². The van der Waals surface area contributed by atoms with Gasteiger partial charge in [-0.3, -0.25) is 4.79 Å². The minimum absolute atomic E-state index is 0.106. The fourth-order valence-corrected chi connectivity index (χ4v) is 3.25. The number of aliphatic carboxylic acids is 1. The van der Waals surface area contributed by atoms with Crippen LogP contribution in [-0.2, 0) is 4.79 Å². The molecule has 0 radical (unpaired) electrons. The number of rotatable bonds is 5. The molecule has 4 heteroatoms. The van der Waals surface area contributed by atoms with E-state index >= 15 is 0 Å². The number of carboxylic acids is 1. The summed E-state index contributed by atoms with van der Waals surface area (Å²) in [6, 6.07) is 17.9. The van der Waals surface area contributed by atoms with Gasteiger partial charge in [0.2, 0.25) is 0 Å². The first-order chi connectivity index (χ1) is 10.7. The minimum Gasteiger partial charge on any atom is -0.481 e. The zero-order valence-electron chi connectivity index (χ0n) is 11.9. The van der Waals surface area contributed by atoms with Gasteiger partial charge >= 0.3 is 5.97 Å². The summed E-state index contributed by atoms with van der Waals surface area (Å²) in [6.45, 7) is 0. The molecule has 0 spiro atoms. The Hall–Kier alpha value is -2.46. The molecule has 3 nitrogen and oxygen atoms in total. The third kappa shape index (κ3) is 3.40. The Morgan fingerprint density at radius 2 is 1.77 bits per heavy atom. The standard InChI is InChI=1S/C18H15NO2S/c20-17(21)11-10-14(12-13-6-2-1-3-7-13)18-19-15-8-4-5-9-16(15)22-18/h1-9,12H,10-11H2,(H,20,21)/b14-12-. The summed E-state index contributed by atoms with van der Waals surface area (Å²) in [4.78, 5) is 15.6. The Morgan fingerprint density at radius 1 is 1.05 bits per heavy atom. The lowest BCUT2D eigenvalue weighted by molar-refractivity contribution is -0.136. The Kier molecular flexibility index (Phi) is 4.30. The van der Waals surface area contributed by atoms with Crippen LogP contribution in [0.3, 0.4) is 0 Å². The van der Waals surface area contributed by atoms with E-state index in [-0.39, 0.29) is 6.42 Å². The molecule has 1 heterocycles. The van der Waals surface area contributed by atoms with E-state index in [2.05, 4.69) is 4.98 Å². The topological polar surface area (TPSA) is 50.2 Å². The van der Waals surface area contributed by atoms with Gasteiger partial charge in [-0.05, 0) is 35.8 Å². The van der Waals surface area contributed by atoms with E-state index in [0.29, 0.717) is 6.42 Å². The van der Waals surface area contributed by atoms with Crippen molar-refractivity contribution in [2.45, 2.75) is 12.8 Å². The van der Waals surface area contributed by atoms with Gasteiger partial charge in [-0.2, -0.15) is 0 Å². The van der Waals surface area contributed by atoms with E-state index in [0.717, 1.165) is 26.4 Å². The lowest BCUT2D eigenvalue weighted by Crippen LogP contribution is -1.95. The molecule has 0 aliphatic carbocycles. The van der Waals surface area contributed by atoms with Gasteiger partial charge in [-0.15, -0.1) is 11.3 Å². The number of benzene rings is 2. The molecule has 0 atom stereocenters. The molecule has 110 valence electrons. The van der Waals surface area contributed by atoms with Crippen molar-refractivity contribution in [2.75, 3.05) is 0 Å². The summed E-state index contributed by atoms with van der Waals surface area (Å²) < 4.78 is 1.12. The second-order valence-electron chi connectivity index (χ2n) is 4.96. The number of nitrogens with zero attached hydrogens (tertiary/aromatic N) is 1. The molecule has 3 aromatic rings. The molecule has 0 aliphatic heterocycles. The lowest BCUT2D eigenvalue weighted by atomic mass is 10.1. The van der Waals surface area contributed by atoms with Crippen molar-refractivity contribution in [3.63, 3.8) is 0 Å². The van der Waals surface area contributed by atoms with Gasteiger partial charge in [-0.1, -0.05) is 42.5 Å². The van der Waals surface area contributed by atoms with Crippen LogP contribution < -0.4 is 0 Å². The van der Waals surface area contributed by atoms with Crippen molar-refractivity contribution < 1.29 is 9.90 Å². The van der Waals surface area contributed by atoms with Crippen molar-refractivity contribution in [3.8, 4) is 0 Å². The molecule has 0 fully saturated rings. The van der Waals surface area contributed by atoms with Crippen molar-refractivity contribution in [2.24, 2.45) is 0 Å². The first-order valence-corrected chi connectivity index (χ1v) is 7.87. The Labute approximate surface area is 132 Å². The summed E-state index contributed by atoms with van der Waals surface area (Å²) in [5.41, 5.74) is 2.98. The highest BCUT2D eigenvalue weighted by atomic mass is 32.1. The molecule has 0 bridgehead atoms. The average molecular weight is 309 g/mol. The number of carbonyl (C=O) groups is 1. The van der Waals surface area contributed by atoms with Gasteiger partial charge in [0, 0.05) is 6.42 Å². The van der Waals surface area contributed by atoms with Gasteiger partial charge in [-0.25, -0.2) is 4.98 Å². The van der Waals surface area contributed by atoms with Crippen LogP contribution in [0.4, 0.5) is 0 Å². The number of thiazole rings is 1. The third-order valence-electron chi connectivity index (χ3n) is 3.32. The number of carboxylic acid groups (broad SMARTS) is 1. The quantitative estimate of drug-likeness (QED) is 0.743. The van der Waals surface area contributed by atoms with Crippen LogP contribution in [0.2, 0.25) is 0 Å². The van der Waals surface area contributed by atoms with Crippen LogP contribution in [0, 0.1) is 0 Å². The molecule has 0 amide bonds. The molecule has 22 heavy (non-hydrogen) atoms. The van der Waals surface area contributed by atoms with Gasteiger partial charge in [0.1, 0.15) is 5.01 Å². The number of fused-ring (bicyclic) bond motifs is 1. The highest BCUT2D eigenvalue weighted by molar-refractivity contribution is 7.19. The molecular weight excluding hydrogens is 294 g/mol. The SMILES string of the molecule is O=C(O)CC/C(=C/c1ccccc1)c1nc2ccccc2s1. The molecule has 0 unspecified atom stereocenters. The molecular formula is C18H15NO2S. The smallest absolute Gasteiger partial charge is 0.303 e. The second kappa shape index (κ2) is 6.54. The van der Waals surface area contributed by atoms with Crippen LogP contribution in [0.15, 0.2) is 54.6 Å². The normalized spacial score (nSPS) is 11.7. The number of hydrogen-bond acceptors (Lipinski definition) is 3. The zero-order chi connectivity index (χ0) is 15.4. The fraction of sp³-hybridized carbons (Fsp3) is 0.111. The van der Waals surface area contributed by atoms with E-state index in [9.17, 15) is 4.79 Å². The largest absolute Gasteiger partial charge is 0.481 e. The molecule has 1 aromatic heterocycles. The summed E-state index contributed by atoms with van der Waals surface area (Å²) >= 11 is 1.60. The van der Waals surface area contributed by atoms with E-state index < -0.39 is 5.97 Å². The Bertz CT molecular complexity index is 788. The summed E-state index contributed by atoms with van der Waals surface area (Å²) in [7, 11) is 0. The second-order valence-corrected chi connectivity index (χ2v) is 5.99. The average Bonchev–Trinajstić information content (AvgIpc) is 2.96. The third-order valence-corrected chi connectivity index (χ3v) is 4.43.